The van der Waals surface area contributed by atoms with Gasteiger partial charge in [-0.2, -0.15) is 0 Å². The van der Waals surface area contributed by atoms with E-state index in [-0.39, 0.29) is 12.4 Å². The molecule has 1 unspecified atom stereocenters. The van der Waals surface area contributed by atoms with Crippen molar-refractivity contribution in [3.05, 3.63) is 24.0 Å². The van der Waals surface area contributed by atoms with Crippen molar-refractivity contribution in [1.29, 1.82) is 5.41 Å². The summed E-state index contributed by atoms with van der Waals surface area (Å²) in [6.07, 6.45) is 4.99. The Kier molecular flexibility index (Phi) is 4.15. The summed E-state index contributed by atoms with van der Waals surface area (Å²) in [4.78, 5) is 6.48. The monoisotopic (exact) mass is 248 g/mol. The molecule has 2 heterocycles. The zero-order valence-corrected chi connectivity index (χ0v) is 10.5. The molecular formula is C13H20N4O. The van der Waals surface area contributed by atoms with Gasteiger partial charge in [-0.3, -0.25) is 10.4 Å². The van der Waals surface area contributed by atoms with Crippen molar-refractivity contribution in [1.82, 2.24) is 4.98 Å². The second-order valence-corrected chi connectivity index (χ2v) is 4.78. The molecular weight excluding hydrogens is 228 g/mol. The molecule has 0 radical (unpaired) electrons. The summed E-state index contributed by atoms with van der Waals surface area (Å²) in [5.41, 5.74) is 6.97. The summed E-state index contributed by atoms with van der Waals surface area (Å²) in [6, 6.07) is 3.75. The lowest BCUT2D eigenvalue weighted by Crippen LogP contribution is -2.35. The Balaban J connectivity index is 2.04. The minimum absolute atomic E-state index is 0.00153. The van der Waals surface area contributed by atoms with Gasteiger partial charge in [0.1, 0.15) is 11.5 Å². The molecule has 0 saturated carbocycles. The van der Waals surface area contributed by atoms with Crippen molar-refractivity contribution >= 4 is 11.5 Å². The number of hydrogen-bond acceptors (Lipinski definition) is 4. The van der Waals surface area contributed by atoms with Gasteiger partial charge in [0.05, 0.1) is 11.9 Å². The number of anilines is 1. The van der Waals surface area contributed by atoms with Crippen LogP contribution in [0.3, 0.4) is 0 Å². The van der Waals surface area contributed by atoms with E-state index in [1.807, 2.05) is 6.07 Å². The maximum absolute atomic E-state index is 9.00. The zero-order chi connectivity index (χ0) is 13.0. The van der Waals surface area contributed by atoms with Crippen LogP contribution in [0.25, 0.3) is 0 Å². The Labute approximate surface area is 107 Å². The summed E-state index contributed by atoms with van der Waals surface area (Å²) in [5.74, 6) is 0.564. The second kappa shape index (κ2) is 5.82. The Morgan fingerprint density at radius 3 is 3.00 bits per heavy atom. The van der Waals surface area contributed by atoms with Gasteiger partial charge in [0.25, 0.3) is 0 Å². The highest BCUT2D eigenvalue weighted by molar-refractivity contribution is 5.93. The molecule has 2 rings (SSSR count). The third kappa shape index (κ3) is 2.98. The van der Waals surface area contributed by atoms with Crippen molar-refractivity contribution in [3.8, 4) is 0 Å². The van der Waals surface area contributed by atoms with Gasteiger partial charge in [0, 0.05) is 19.7 Å². The van der Waals surface area contributed by atoms with Crippen LogP contribution in [0.1, 0.15) is 25.0 Å². The Bertz CT molecular complexity index is 402. The minimum atomic E-state index is -0.00153. The molecule has 5 heteroatoms. The quantitative estimate of drug-likeness (QED) is 0.547. The van der Waals surface area contributed by atoms with Gasteiger partial charge in [-0.25, -0.2) is 0 Å². The average molecular weight is 248 g/mol. The first-order valence-electron chi connectivity index (χ1n) is 6.37. The summed E-state index contributed by atoms with van der Waals surface area (Å²) >= 11 is 0. The number of aromatic nitrogens is 1. The van der Waals surface area contributed by atoms with Crippen LogP contribution in [0, 0.1) is 11.3 Å². The molecule has 0 amide bonds. The van der Waals surface area contributed by atoms with Gasteiger partial charge >= 0.3 is 0 Å². The fraction of sp³-hybridized carbons (Fsp3) is 0.538. The van der Waals surface area contributed by atoms with E-state index in [0.717, 1.165) is 31.6 Å². The lowest BCUT2D eigenvalue weighted by atomic mass is 9.95. The van der Waals surface area contributed by atoms with Gasteiger partial charge in [-0.1, -0.05) is 0 Å². The molecule has 1 atom stereocenters. The van der Waals surface area contributed by atoms with Crippen LogP contribution in [-0.2, 0) is 0 Å². The van der Waals surface area contributed by atoms with Crippen LogP contribution in [-0.4, -0.2) is 35.6 Å². The first-order chi connectivity index (χ1) is 8.70. The molecule has 4 N–H and O–H groups in total. The predicted octanol–water partition coefficient (Wildman–Crippen LogP) is 0.964. The maximum atomic E-state index is 9.00. The first kappa shape index (κ1) is 12.8. The van der Waals surface area contributed by atoms with E-state index >= 15 is 0 Å². The second-order valence-electron chi connectivity index (χ2n) is 4.78. The topological polar surface area (TPSA) is 86.2 Å². The Morgan fingerprint density at radius 1 is 1.56 bits per heavy atom. The fourth-order valence-corrected chi connectivity index (χ4v) is 2.45. The van der Waals surface area contributed by atoms with Gasteiger partial charge < -0.3 is 15.7 Å². The molecule has 1 aliphatic heterocycles. The van der Waals surface area contributed by atoms with Gasteiger partial charge in [-0.15, -0.1) is 0 Å². The number of nitrogen functional groups attached to an aromatic ring is 1. The van der Waals surface area contributed by atoms with Gasteiger partial charge in [-0.05, 0) is 37.3 Å². The van der Waals surface area contributed by atoms with Gasteiger partial charge in [0.15, 0.2) is 0 Å². The largest absolute Gasteiger partial charge is 0.396 e. The van der Waals surface area contributed by atoms with E-state index in [1.54, 1.807) is 12.3 Å². The normalized spacial score (nSPS) is 19.8. The number of aliphatic hydroxyl groups is 1. The van der Waals surface area contributed by atoms with Crippen LogP contribution in [0.15, 0.2) is 18.3 Å². The molecule has 98 valence electrons. The van der Waals surface area contributed by atoms with Crippen LogP contribution in [0.4, 0.5) is 5.69 Å². The van der Waals surface area contributed by atoms with E-state index < -0.39 is 0 Å². The van der Waals surface area contributed by atoms with E-state index in [2.05, 4.69) is 9.88 Å². The minimum Gasteiger partial charge on any atom is -0.396 e. The van der Waals surface area contributed by atoms with Crippen molar-refractivity contribution in [3.63, 3.8) is 0 Å². The summed E-state index contributed by atoms with van der Waals surface area (Å²) in [5, 5.41) is 16.3. The molecule has 1 saturated heterocycles. The molecule has 0 spiro atoms. The molecule has 5 nitrogen and oxygen atoms in total. The zero-order valence-electron chi connectivity index (χ0n) is 10.5. The van der Waals surface area contributed by atoms with Crippen molar-refractivity contribution in [2.75, 3.05) is 24.6 Å². The molecule has 0 bridgehead atoms. The van der Waals surface area contributed by atoms with Crippen molar-refractivity contribution in [2.45, 2.75) is 19.3 Å². The number of amidine groups is 1. The molecule has 1 aliphatic rings. The molecule has 1 fully saturated rings. The third-order valence-electron chi connectivity index (χ3n) is 3.45. The molecule has 1 aromatic rings. The molecule has 0 aliphatic carbocycles. The predicted molar refractivity (Wildman–Crippen MR) is 71.9 cm³/mol. The third-order valence-corrected chi connectivity index (χ3v) is 3.45. The number of nitrogens with one attached hydrogen (secondary N) is 1. The SMILES string of the molecule is N=C(N)c1ccc(N2CCCC(CCO)C2)cn1. The molecule has 18 heavy (non-hydrogen) atoms. The van der Waals surface area contributed by atoms with E-state index in [9.17, 15) is 0 Å². The smallest absolute Gasteiger partial charge is 0.141 e. The lowest BCUT2D eigenvalue weighted by molar-refractivity contribution is 0.244. The number of pyridine rings is 1. The summed E-state index contributed by atoms with van der Waals surface area (Å²) in [7, 11) is 0. The average Bonchev–Trinajstić information content (AvgIpc) is 2.39. The number of hydrogen-bond donors (Lipinski definition) is 3. The van der Waals surface area contributed by atoms with E-state index in [1.165, 1.54) is 6.42 Å². The van der Waals surface area contributed by atoms with Gasteiger partial charge in [0.2, 0.25) is 0 Å². The Morgan fingerprint density at radius 2 is 2.39 bits per heavy atom. The number of nitrogens with two attached hydrogens (primary N) is 1. The highest BCUT2D eigenvalue weighted by Gasteiger charge is 2.19. The standard InChI is InChI=1S/C13H20N4O/c14-13(15)12-4-3-11(8-16-12)17-6-1-2-10(9-17)5-7-18/h3-4,8,10,18H,1-2,5-7,9H2,(H3,14,15). The van der Waals surface area contributed by atoms with Crippen LogP contribution >= 0.6 is 0 Å². The summed E-state index contributed by atoms with van der Waals surface area (Å²) < 4.78 is 0. The fourth-order valence-electron chi connectivity index (χ4n) is 2.45. The first-order valence-corrected chi connectivity index (χ1v) is 6.37. The maximum Gasteiger partial charge on any atom is 0.141 e. The summed E-state index contributed by atoms with van der Waals surface area (Å²) in [6.45, 7) is 2.27. The van der Waals surface area contributed by atoms with E-state index in [4.69, 9.17) is 16.2 Å². The number of rotatable bonds is 4. The number of aliphatic hydroxyl groups excluding tert-OH is 1. The number of piperidine rings is 1. The molecule has 1 aromatic heterocycles. The van der Waals surface area contributed by atoms with Crippen LogP contribution < -0.4 is 10.6 Å². The van der Waals surface area contributed by atoms with Crippen LogP contribution in [0.5, 0.6) is 0 Å². The lowest BCUT2D eigenvalue weighted by Gasteiger charge is -2.34. The number of nitrogens with zero attached hydrogens (tertiary/aromatic N) is 2. The highest BCUT2D eigenvalue weighted by Crippen LogP contribution is 2.24. The van der Waals surface area contributed by atoms with E-state index in [0.29, 0.717) is 11.6 Å². The molecule has 0 aromatic carbocycles. The van der Waals surface area contributed by atoms with Crippen molar-refractivity contribution in [2.24, 2.45) is 11.7 Å². The van der Waals surface area contributed by atoms with Crippen molar-refractivity contribution < 1.29 is 5.11 Å². The van der Waals surface area contributed by atoms with Crippen LogP contribution in [0.2, 0.25) is 0 Å². The highest BCUT2D eigenvalue weighted by atomic mass is 16.3. The Hall–Kier alpha value is -1.62.